The van der Waals surface area contributed by atoms with Gasteiger partial charge < -0.3 is 14.9 Å². The quantitative estimate of drug-likeness (QED) is 0.895. The molecule has 20 heavy (non-hydrogen) atoms. The van der Waals surface area contributed by atoms with Gasteiger partial charge in [-0.25, -0.2) is 4.39 Å². The fourth-order valence-electron chi connectivity index (χ4n) is 3.08. The second-order valence-electron chi connectivity index (χ2n) is 6.03. The van der Waals surface area contributed by atoms with E-state index >= 15 is 0 Å². The summed E-state index contributed by atoms with van der Waals surface area (Å²) >= 11 is 0. The van der Waals surface area contributed by atoms with E-state index in [-0.39, 0.29) is 5.82 Å². The highest BCUT2D eigenvalue weighted by Gasteiger charge is 2.20. The molecule has 0 radical (unpaired) electrons. The van der Waals surface area contributed by atoms with Gasteiger partial charge in [-0.05, 0) is 45.5 Å². The molecule has 1 N–H and O–H groups in total. The maximum Gasteiger partial charge on any atom is 0.129 e. The van der Waals surface area contributed by atoms with E-state index in [4.69, 9.17) is 0 Å². The molecule has 1 fully saturated rings. The van der Waals surface area contributed by atoms with Gasteiger partial charge in [0.05, 0.1) is 6.10 Å². The van der Waals surface area contributed by atoms with Crippen LogP contribution in [0.1, 0.15) is 24.5 Å². The number of nitrogens with zero attached hydrogens (tertiary/aromatic N) is 2. The highest BCUT2D eigenvalue weighted by atomic mass is 19.1. The second kappa shape index (κ2) is 7.16. The third kappa shape index (κ3) is 4.27. The summed E-state index contributed by atoms with van der Waals surface area (Å²) in [6.45, 7) is 3.72. The predicted molar refractivity (Wildman–Crippen MR) is 79.1 cm³/mol. The molecular weight excluding hydrogens is 255 g/mol. The minimum atomic E-state index is -0.762. The van der Waals surface area contributed by atoms with Crippen molar-refractivity contribution >= 4 is 0 Å². The first-order chi connectivity index (χ1) is 9.56. The standard InChI is InChI=1S/C16H25FN2O/c1-18-9-5-6-13(10-18)11-19(2)12-16(20)14-7-3-4-8-15(14)17/h3-4,7-8,13,16,20H,5-6,9-12H2,1-2H3. The summed E-state index contributed by atoms with van der Waals surface area (Å²) < 4.78 is 13.6. The Labute approximate surface area is 121 Å². The number of likely N-dealkylation sites (tertiary alicyclic amines) is 1. The summed E-state index contributed by atoms with van der Waals surface area (Å²) in [5, 5.41) is 10.2. The normalized spacial score (nSPS) is 22.1. The molecule has 2 rings (SSSR count). The van der Waals surface area contributed by atoms with Crippen molar-refractivity contribution < 1.29 is 9.50 Å². The van der Waals surface area contributed by atoms with Gasteiger partial charge in [-0.15, -0.1) is 0 Å². The molecule has 2 atom stereocenters. The van der Waals surface area contributed by atoms with Gasteiger partial charge in [0.15, 0.2) is 0 Å². The van der Waals surface area contributed by atoms with E-state index in [1.807, 2.05) is 7.05 Å². The number of likely N-dealkylation sites (N-methyl/N-ethyl adjacent to an activating group) is 1. The lowest BCUT2D eigenvalue weighted by molar-refractivity contribution is 0.101. The molecule has 0 amide bonds. The van der Waals surface area contributed by atoms with Crippen LogP contribution in [0.3, 0.4) is 0 Å². The monoisotopic (exact) mass is 280 g/mol. The smallest absolute Gasteiger partial charge is 0.129 e. The van der Waals surface area contributed by atoms with Crippen molar-refractivity contribution in [2.45, 2.75) is 18.9 Å². The Bertz CT molecular complexity index is 427. The van der Waals surface area contributed by atoms with Crippen molar-refractivity contribution in [1.82, 2.24) is 9.80 Å². The van der Waals surface area contributed by atoms with Crippen LogP contribution in [0, 0.1) is 11.7 Å². The Morgan fingerprint density at radius 1 is 1.45 bits per heavy atom. The van der Waals surface area contributed by atoms with E-state index in [2.05, 4.69) is 16.8 Å². The third-order valence-corrected chi connectivity index (χ3v) is 4.04. The lowest BCUT2D eigenvalue weighted by atomic mass is 9.97. The average Bonchev–Trinajstić information content (AvgIpc) is 2.38. The number of rotatable bonds is 5. The fourth-order valence-corrected chi connectivity index (χ4v) is 3.08. The first-order valence-electron chi connectivity index (χ1n) is 7.36. The van der Waals surface area contributed by atoms with Crippen LogP contribution >= 0.6 is 0 Å². The number of benzene rings is 1. The molecule has 112 valence electrons. The Kier molecular flexibility index (Phi) is 5.52. The lowest BCUT2D eigenvalue weighted by Crippen LogP contribution is -2.39. The molecular formula is C16H25FN2O. The van der Waals surface area contributed by atoms with Crippen molar-refractivity contribution in [3.05, 3.63) is 35.6 Å². The SMILES string of the molecule is CN1CCCC(CN(C)CC(O)c2ccccc2F)C1. The minimum Gasteiger partial charge on any atom is -0.387 e. The second-order valence-corrected chi connectivity index (χ2v) is 6.03. The zero-order valence-electron chi connectivity index (χ0n) is 12.4. The van der Waals surface area contributed by atoms with Gasteiger partial charge in [0.25, 0.3) is 0 Å². The first kappa shape index (κ1) is 15.4. The van der Waals surface area contributed by atoms with E-state index in [0.717, 1.165) is 13.1 Å². The Balaban J connectivity index is 1.84. The van der Waals surface area contributed by atoms with Gasteiger partial charge in [-0.1, -0.05) is 18.2 Å². The Morgan fingerprint density at radius 2 is 2.20 bits per heavy atom. The average molecular weight is 280 g/mol. The molecule has 0 aromatic heterocycles. The van der Waals surface area contributed by atoms with Crippen LogP contribution in [0.15, 0.2) is 24.3 Å². The molecule has 1 aliphatic heterocycles. The van der Waals surface area contributed by atoms with Crippen molar-refractivity contribution in [3.63, 3.8) is 0 Å². The van der Waals surface area contributed by atoms with Gasteiger partial charge in [0.2, 0.25) is 0 Å². The number of hydrogen-bond acceptors (Lipinski definition) is 3. The maximum atomic E-state index is 13.6. The first-order valence-corrected chi connectivity index (χ1v) is 7.36. The molecule has 1 aliphatic rings. The van der Waals surface area contributed by atoms with Crippen LogP contribution in [0.2, 0.25) is 0 Å². The van der Waals surface area contributed by atoms with Crippen molar-refractivity contribution in [2.75, 3.05) is 40.3 Å². The summed E-state index contributed by atoms with van der Waals surface area (Å²) in [5.41, 5.74) is 0.389. The Hall–Kier alpha value is -0.970. The van der Waals surface area contributed by atoms with Crippen molar-refractivity contribution in [3.8, 4) is 0 Å². The minimum absolute atomic E-state index is 0.328. The van der Waals surface area contributed by atoms with Crippen LogP contribution in [-0.4, -0.2) is 55.2 Å². The number of hydrogen-bond donors (Lipinski definition) is 1. The summed E-state index contributed by atoms with van der Waals surface area (Å²) in [5.74, 6) is 0.317. The van der Waals surface area contributed by atoms with Crippen LogP contribution in [0.25, 0.3) is 0 Å². The van der Waals surface area contributed by atoms with Gasteiger partial charge in [0, 0.05) is 25.2 Å². The van der Waals surface area contributed by atoms with Gasteiger partial charge >= 0.3 is 0 Å². The number of aliphatic hydroxyl groups is 1. The van der Waals surface area contributed by atoms with Crippen molar-refractivity contribution in [2.24, 2.45) is 5.92 Å². The van der Waals surface area contributed by atoms with Crippen LogP contribution in [0.5, 0.6) is 0 Å². The topological polar surface area (TPSA) is 26.7 Å². The summed E-state index contributed by atoms with van der Waals surface area (Å²) in [6, 6.07) is 6.46. The molecule has 1 heterocycles. The largest absolute Gasteiger partial charge is 0.387 e. The summed E-state index contributed by atoms with van der Waals surface area (Å²) in [7, 11) is 4.15. The number of piperidine rings is 1. The number of aliphatic hydroxyl groups excluding tert-OH is 1. The molecule has 0 spiro atoms. The lowest BCUT2D eigenvalue weighted by Gasteiger charge is -2.33. The van der Waals surface area contributed by atoms with E-state index in [1.54, 1.807) is 18.2 Å². The summed E-state index contributed by atoms with van der Waals surface area (Å²) in [4.78, 5) is 4.47. The highest BCUT2D eigenvalue weighted by Crippen LogP contribution is 2.20. The van der Waals surface area contributed by atoms with Gasteiger partial charge in [-0.3, -0.25) is 0 Å². The predicted octanol–water partition coefficient (Wildman–Crippen LogP) is 2.13. The zero-order valence-corrected chi connectivity index (χ0v) is 12.4. The van der Waals surface area contributed by atoms with Crippen molar-refractivity contribution in [1.29, 1.82) is 0 Å². The third-order valence-electron chi connectivity index (χ3n) is 4.04. The molecule has 0 bridgehead atoms. The fraction of sp³-hybridized carbons (Fsp3) is 0.625. The van der Waals surface area contributed by atoms with Crippen LogP contribution in [0.4, 0.5) is 4.39 Å². The van der Waals surface area contributed by atoms with E-state index in [9.17, 15) is 9.50 Å². The molecule has 1 aromatic carbocycles. The van der Waals surface area contributed by atoms with Gasteiger partial charge in [-0.2, -0.15) is 0 Å². The van der Waals surface area contributed by atoms with Crippen LogP contribution < -0.4 is 0 Å². The van der Waals surface area contributed by atoms with E-state index in [0.29, 0.717) is 18.0 Å². The van der Waals surface area contributed by atoms with E-state index < -0.39 is 6.10 Å². The van der Waals surface area contributed by atoms with Crippen LogP contribution in [-0.2, 0) is 0 Å². The molecule has 2 unspecified atom stereocenters. The number of halogens is 1. The zero-order chi connectivity index (χ0) is 14.5. The van der Waals surface area contributed by atoms with Gasteiger partial charge in [0.1, 0.15) is 5.82 Å². The highest BCUT2D eigenvalue weighted by molar-refractivity contribution is 5.19. The maximum absolute atomic E-state index is 13.6. The molecule has 0 aliphatic carbocycles. The molecule has 0 saturated carbocycles. The molecule has 4 heteroatoms. The molecule has 3 nitrogen and oxygen atoms in total. The molecule has 1 saturated heterocycles. The molecule has 1 aromatic rings. The Morgan fingerprint density at radius 3 is 2.90 bits per heavy atom. The van der Waals surface area contributed by atoms with E-state index in [1.165, 1.54) is 25.5 Å². The summed E-state index contributed by atoms with van der Waals surface area (Å²) in [6.07, 6.45) is 1.72.